The van der Waals surface area contributed by atoms with Crippen LogP contribution in [-0.2, 0) is 49.2 Å². The zero-order valence-corrected chi connectivity index (χ0v) is 80.4. The minimum atomic E-state index is -0.744. The summed E-state index contributed by atoms with van der Waals surface area (Å²) in [5, 5.41) is 8.82. The van der Waals surface area contributed by atoms with Crippen molar-refractivity contribution in [3.05, 3.63) is 198 Å². The van der Waals surface area contributed by atoms with Crippen molar-refractivity contribution in [2.24, 2.45) is 71.0 Å². The fourth-order valence-corrected chi connectivity index (χ4v) is 32.0. The van der Waals surface area contributed by atoms with Gasteiger partial charge < -0.3 is 61.6 Å². The molecule has 652 valence electrons. The smallest absolute Gasteiger partial charge is 0.335 e. The number of hydrogen-bond acceptors (Lipinski definition) is 16. The summed E-state index contributed by atoms with van der Waals surface area (Å²) in [7, 11) is 0. The lowest BCUT2D eigenvalue weighted by Crippen LogP contribution is -2.61. The number of ether oxygens (including phenoxy) is 13. The topological polar surface area (TPSA) is 171 Å². The summed E-state index contributed by atoms with van der Waals surface area (Å²) >= 11 is 10.0. The first kappa shape index (κ1) is 82.2. The number of halogens is 4. The maximum atomic E-state index is 12.8. The highest BCUT2D eigenvalue weighted by Crippen LogP contribution is 2.69. The number of carbonyl (C=O) groups excluding carboxylic acids is 3. The van der Waals surface area contributed by atoms with Crippen LogP contribution in [-0.4, -0.2) is 91.5 Å². The van der Waals surface area contributed by atoms with E-state index in [0.29, 0.717) is 92.5 Å². The molecule has 10 aromatic rings. The van der Waals surface area contributed by atoms with Crippen LogP contribution in [0.1, 0.15) is 213 Å². The molecular formula is C106H104I4O16. The van der Waals surface area contributed by atoms with Crippen LogP contribution in [0.3, 0.4) is 0 Å². The second-order valence-corrected chi connectivity index (χ2v) is 45.2. The summed E-state index contributed by atoms with van der Waals surface area (Å²) < 4.78 is 89.7. The van der Waals surface area contributed by atoms with Gasteiger partial charge in [0.25, 0.3) is 0 Å². The largest absolute Gasteiger partial charge is 0.487 e. The van der Waals surface area contributed by atoms with E-state index in [1.807, 2.05) is 26.8 Å². The second kappa shape index (κ2) is 31.4. The number of cyclic esters (lactones) is 3. The van der Waals surface area contributed by atoms with Crippen LogP contribution < -0.4 is 33.2 Å². The molecule has 0 amide bonds. The Hall–Kier alpha value is -6.95. The number of benzene rings is 10. The molecule has 27 rings (SSSR count). The van der Waals surface area contributed by atoms with Gasteiger partial charge in [-0.05, 0) is 455 Å². The van der Waals surface area contributed by atoms with Crippen molar-refractivity contribution in [2.45, 2.75) is 229 Å². The van der Waals surface area contributed by atoms with Crippen LogP contribution in [0, 0.1) is 85.3 Å². The SMILES string of the molecule is CC(Cc1ccc2c3c(ccc2c1)Oc1c(C2C4CC5CC2CC(C4)C5(C)Oc2c(I)cc(C4c5c(ccc6cc(OC7(C)C8CC9CC(C8)CC7C9)ccc56)Oc5ccc6cc(OC7(C)C8CC9CC(C8)CC7C9)ccc6c54)cc2I)cc2cc(OC(C)OC4CCOC4=O)ccc2c1C3c1cc(I)c(OC(C)OC2CCOC2=O)c(I)c1)OC1CCOC1=O. The predicted molar refractivity (Wildman–Crippen MR) is 513 cm³/mol. The Bertz CT molecular complexity index is 5930. The minimum Gasteiger partial charge on any atom is -0.487 e. The van der Waals surface area contributed by atoms with Crippen molar-refractivity contribution in [2.75, 3.05) is 19.8 Å². The highest BCUT2D eigenvalue weighted by Gasteiger charge is 2.62. The van der Waals surface area contributed by atoms with E-state index in [1.165, 1.54) is 97.2 Å². The molecule has 17 aliphatic rings. The molecule has 0 aromatic heterocycles. The van der Waals surface area contributed by atoms with Crippen LogP contribution in [0.2, 0.25) is 0 Å². The number of rotatable bonds is 21. The molecule has 16 nitrogen and oxygen atoms in total. The molecule has 12 aliphatic carbocycles. The van der Waals surface area contributed by atoms with Gasteiger partial charge in [-0.25, -0.2) is 14.4 Å². The molecule has 0 spiro atoms. The Kier molecular flexibility index (Phi) is 20.5. The van der Waals surface area contributed by atoms with Crippen LogP contribution in [0.4, 0.5) is 0 Å². The van der Waals surface area contributed by atoms with Crippen molar-refractivity contribution in [3.63, 3.8) is 0 Å². The van der Waals surface area contributed by atoms with Gasteiger partial charge >= 0.3 is 17.9 Å². The van der Waals surface area contributed by atoms with Gasteiger partial charge in [0.1, 0.15) is 68.5 Å². The van der Waals surface area contributed by atoms with Crippen LogP contribution in [0.25, 0.3) is 43.1 Å². The Labute approximate surface area is 789 Å². The van der Waals surface area contributed by atoms with Crippen LogP contribution in [0.5, 0.6) is 51.7 Å². The third-order valence-corrected chi connectivity index (χ3v) is 36.4. The highest BCUT2D eigenvalue weighted by atomic mass is 127. The summed E-state index contributed by atoms with van der Waals surface area (Å²) in [4.78, 5) is 38.1. The van der Waals surface area contributed by atoms with Gasteiger partial charge in [0.2, 0.25) is 0 Å². The van der Waals surface area contributed by atoms with Gasteiger partial charge in [-0.3, -0.25) is 0 Å². The summed E-state index contributed by atoms with van der Waals surface area (Å²) in [5.41, 5.74) is 8.25. The van der Waals surface area contributed by atoms with E-state index in [9.17, 15) is 14.4 Å². The Balaban J connectivity index is 0.579. The quantitative estimate of drug-likeness (QED) is 0.0288. The van der Waals surface area contributed by atoms with E-state index in [-0.39, 0.29) is 64.8 Å². The lowest BCUT2D eigenvalue weighted by Gasteiger charge is -2.62. The van der Waals surface area contributed by atoms with Gasteiger partial charge in [0, 0.05) is 53.4 Å². The van der Waals surface area contributed by atoms with E-state index in [2.05, 4.69) is 245 Å². The molecule has 7 atom stereocenters. The zero-order valence-electron chi connectivity index (χ0n) is 71.8. The Morgan fingerprint density at radius 3 is 1.24 bits per heavy atom. The van der Waals surface area contributed by atoms with Gasteiger partial charge in [-0.15, -0.1) is 0 Å². The van der Waals surface area contributed by atoms with Crippen molar-refractivity contribution in [3.8, 4) is 51.7 Å². The third-order valence-electron chi connectivity index (χ3n) is 33.2. The average molecular weight is 2140 g/mol. The molecule has 20 heteroatoms. The van der Waals surface area contributed by atoms with E-state index < -0.39 is 36.5 Å². The van der Waals surface area contributed by atoms with E-state index >= 15 is 0 Å². The zero-order chi connectivity index (χ0) is 85.4. The lowest BCUT2D eigenvalue weighted by atomic mass is 9.46. The van der Waals surface area contributed by atoms with Crippen LogP contribution >= 0.6 is 90.4 Å². The summed E-state index contributed by atoms with van der Waals surface area (Å²) in [5.74, 6) is 13.2. The Morgan fingerprint density at radius 2 is 0.770 bits per heavy atom. The maximum absolute atomic E-state index is 12.8. The van der Waals surface area contributed by atoms with Crippen molar-refractivity contribution >= 4 is 151 Å². The number of fused-ring (bicyclic) bond motifs is 12. The van der Waals surface area contributed by atoms with E-state index in [4.69, 9.17) is 61.6 Å². The van der Waals surface area contributed by atoms with Gasteiger partial charge in [-0.2, -0.15) is 0 Å². The predicted octanol–water partition coefficient (Wildman–Crippen LogP) is 24.8. The van der Waals surface area contributed by atoms with Crippen molar-refractivity contribution < 1.29 is 76.0 Å². The third kappa shape index (κ3) is 13.9. The summed E-state index contributed by atoms with van der Waals surface area (Å²) in [6, 6.07) is 51.9. The normalized spacial score (nSPS) is 33.2. The molecule has 10 aromatic carbocycles. The molecule has 3 saturated heterocycles. The molecular weight excluding hydrogens is 2040 g/mol. The molecule has 5 heterocycles. The maximum Gasteiger partial charge on any atom is 0.335 e. The molecule has 15 fully saturated rings. The first-order chi connectivity index (χ1) is 60.9. The van der Waals surface area contributed by atoms with Crippen LogP contribution in [0.15, 0.2) is 140 Å². The number of carbonyl (C=O) groups is 3. The van der Waals surface area contributed by atoms with E-state index in [1.54, 1.807) is 0 Å². The van der Waals surface area contributed by atoms with Gasteiger partial charge in [0.15, 0.2) is 30.9 Å². The molecule has 126 heavy (non-hydrogen) atoms. The number of esters is 3. The molecule has 5 aliphatic heterocycles. The van der Waals surface area contributed by atoms with Crippen molar-refractivity contribution in [1.82, 2.24) is 0 Å². The molecule has 0 N–H and O–H groups in total. The molecule has 12 bridgehead atoms. The summed E-state index contributed by atoms with van der Waals surface area (Å²) in [6.07, 6.45) is 15.5. The van der Waals surface area contributed by atoms with Gasteiger partial charge in [-0.1, -0.05) is 54.6 Å². The first-order valence-electron chi connectivity index (χ1n) is 46.4. The van der Waals surface area contributed by atoms with E-state index in [0.717, 1.165) is 158 Å². The minimum absolute atomic E-state index is 0.154. The number of hydrogen-bond donors (Lipinski definition) is 0. The first-order valence-corrected chi connectivity index (χ1v) is 50.8. The summed E-state index contributed by atoms with van der Waals surface area (Å²) in [6.45, 7) is 14.0. The Morgan fingerprint density at radius 1 is 0.381 bits per heavy atom. The fourth-order valence-electron chi connectivity index (χ4n) is 27.8. The molecule has 0 radical (unpaired) electrons. The molecule has 12 saturated carbocycles. The van der Waals surface area contributed by atoms with Crippen molar-refractivity contribution in [1.29, 1.82) is 0 Å². The monoisotopic (exact) mass is 2140 g/mol. The highest BCUT2D eigenvalue weighted by molar-refractivity contribution is 14.1. The van der Waals surface area contributed by atoms with Gasteiger partial charge in [0.05, 0.1) is 40.2 Å². The second-order valence-electron chi connectivity index (χ2n) is 40.5. The molecule has 7 unspecified atom stereocenters. The standard InChI is InChI=1S/C106H104I4O16/c1-51(117-88-21-24-114-101(88)111)27-54-7-14-76-59(30-54)8-20-87-96(76)93(66-47-81(107)99(82(108)48-66)121-53(3)120-90-23-26-116-103(90)113)97-79-15-11-73(118-52(2)119-89-22-25-115-102(89)112)45-62(79)46-80(98(97)123-87)91-63-39-71-41-64(91)42-72(40-63)106(71,6)126-100-83(109)49-65(50-84(100)110)92-94-77-16-12-74(124-104(4)67-31-55-28-56(33-67)34-68(104)32-55)43-60(77)9-18-85(94)122-86-19-10-61-44-75(13-17-78(61)95(86)92)125-105(5)69-35-57-29-58(37-69)38-70(105)36-57/h7-20,30,43-53,55-58,63-64,67-72,88-93H,21-29,31-42H2,1-6H3. The average Bonchev–Trinajstić information content (AvgIpc) is 0.974. The fraction of sp³-hybridized carbons (Fsp3) is 0.481. The lowest BCUT2D eigenvalue weighted by molar-refractivity contribution is -0.160.